The lowest BCUT2D eigenvalue weighted by molar-refractivity contribution is -0.111. The van der Waals surface area contributed by atoms with Crippen LogP contribution in [0.25, 0.3) is 22.5 Å². The van der Waals surface area contributed by atoms with Crippen molar-refractivity contribution in [2.75, 3.05) is 24.9 Å². The first-order valence-electron chi connectivity index (χ1n) is 10.7. The van der Waals surface area contributed by atoms with E-state index in [1.165, 1.54) is 32.7 Å². The second-order valence-electron chi connectivity index (χ2n) is 7.49. The van der Waals surface area contributed by atoms with Crippen molar-refractivity contribution >= 4 is 46.3 Å². The van der Waals surface area contributed by atoms with Crippen LogP contribution in [0.3, 0.4) is 0 Å². The van der Waals surface area contributed by atoms with E-state index in [2.05, 4.69) is 32.2 Å². The summed E-state index contributed by atoms with van der Waals surface area (Å²) in [6, 6.07) is 11.0. The number of amides is 1. The highest BCUT2D eigenvalue weighted by molar-refractivity contribution is 6.41. The van der Waals surface area contributed by atoms with E-state index in [0.29, 0.717) is 45.6 Å². The number of pyridine rings is 1. The number of nitrogens with zero attached hydrogens (tertiary/aromatic N) is 3. The van der Waals surface area contributed by atoms with Crippen molar-refractivity contribution < 1.29 is 18.7 Å². The van der Waals surface area contributed by atoms with Gasteiger partial charge in [-0.25, -0.2) is 19.3 Å². The fraction of sp³-hybridized carbons (Fsp3) is 0.0769. The van der Waals surface area contributed by atoms with Crippen LogP contribution in [0.5, 0.6) is 11.5 Å². The van der Waals surface area contributed by atoms with Crippen molar-refractivity contribution in [1.29, 1.82) is 0 Å². The Kier molecular flexibility index (Phi) is 7.86. The number of hydrogen-bond donors (Lipinski definition) is 2. The molecule has 0 aliphatic carbocycles. The van der Waals surface area contributed by atoms with Crippen LogP contribution in [0, 0.1) is 5.82 Å². The van der Waals surface area contributed by atoms with Crippen LogP contribution < -0.4 is 20.1 Å². The largest absolute Gasteiger partial charge is 0.495 e. The normalized spacial score (nSPS) is 10.5. The minimum absolute atomic E-state index is 0.224. The average Bonchev–Trinajstić information content (AvgIpc) is 2.91. The van der Waals surface area contributed by atoms with E-state index in [1.807, 2.05) is 0 Å². The molecule has 0 bridgehead atoms. The molecule has 0 radical (unpaired) electrons. The third-order valence-electron chi connectivity index (χ3n) is 5.27. The van der Waals surface area contributed by atoms with E-state index in [1.54, 1.807) is 36.5 Å². The smallest absolute Gasteiger partial charge is 0.247 e. The fourth-order valence-electron chi connectivity index (χ4n) is 3.47. The molecule has 0 fully saturated rings. The zero-order chi connectivity index (χ0) is 26.5. The topological polar surface area (TPSA) is 98.3 Å². The van der Waals surface area contributed by atoms with Crippen LogP contribution in [-0.2, 0) is 4.79 Å². The van der Waals surface area contributed by atoms with Crippen molar-refractivity contribution in [3.05, 3.63) is 83.5 Å². The molecule has 4 rings (SSSR count). The number of rotatable bonds is 8. The quantitative estimate of drug-likeness (QED) is 0.245. The maximum absolute atomic E-state index is 14.9. The van der Waals surface area contributed by atoms with Gasteiger partial charge in [-0.1, -0.05) is 29.8 Å². The lowest BCUT2D eigenvalue weighted by Crippen LogP contribution is -2.07. The molecule has 0 aliphatic heterocycles. The summed E-state index contributed by atoms with van der Waals surface area (Å²) >= 11 is 13.0. The van der Waals surface area contributed by atoms with Gasteiger partial charge in [0, 0.05) is 29.1 Å². The molecule has 0 aliphatic rings. The van der Waals surface area contributed by atoms with Crippen LogP contribution in [0.2, 0.25) is 10.0 Å². The zero-order valence-corrected chi connectivity index (χ0v) is 21.2. The molecule has 0 atom stereocenters. The Bertz CT molecular complexity index is 1470. The lowest BCUT2D eigenvalue weighted by Gasteiger charge is -2.17. The minimum atomic E-state index is -0.571. The third-order valence-corrected chi connectivity index (χ3v) is 6.02. The number of anilines is 3. The van der Waals surface area contributed by atoms with Gasteiger partial charge in [0.25, 0.3) is 0 Å². The standard InChI is InChI=1S/C26H20Cl2FN5O3/c1-4-22(35)33-14-7-8-15(17(29)10-14)18-11-19(32-13-31-18)16-6-5-9-30-26(16)34-25-23(27)20(36-2)12-21(37-3)24(25)28/h4-13H,1H2,2-3H3,(H,30,34)(H,33,35). The Balaban J connectivity index is 1.73. The molecule has 37 heavy (non-hydrogen) atoms. The number of ether oxygens (including phenoxy) is 2. The van der Waals surface area contributed by atoms with E-state index < -0.39 is 11.7 Å². The predicted octanol–water partition coefficient (Wildman–Crippen LogP) is 6.54. The highest BCUT2D eigenvalue weighted by atomic mass is 35.5. The molecule has 0 saturated carbocycles. The number of halogens is 3. The van der Waals surface area contributed by atoms with Crippen molar-refractivity contribution in [1.82, 2.24) is 15.0 Å². The van der Waals surface area contributed by atoms with Gasteiger partial charge in [0.05, 0.1) is 31.3 Å². The van der Waals surface area contributed by atoms with Crippen LogP contribution in [0.4, 0.5) is 21.6 Å². The molecule has 0 saturated heterocycles. The Hall–Kier alpha value is -4.21. The van der Waals surface area contributed by atoms with E-state index in [9.17, 15) is 9.18 Å². The van der Waals surface area contributed by atoms with Crippen LogP contribution in [0.1, 0.15) is 0 Å². The lowest BCUT2D eigenvalue weighted by atomic mass is 10.1. The predicted molar refractivity (Wildman–Crippen MR) is 142 cm³/mol. The van der Waals surface area contributed by atoms with E-state index in [-0.39, 0.29) is 15.6 Å². The molecule has 2 aromatic carbocycles. The number of carbonyl (C=O) groups is 1. The van der Waals surface area contributed by atoms with Gasteiger partial charge in [0.2, 0.25) is 5.91 Å². The van der Waals surface area contributed by atoms with Gasteiger partial charge >= 0.3 is 0 Å². The first-order valence-corrected chi connectivity index (χ1v) is 11.5. The molecule has 2 N–H and O–H groups in total. The number of nitrogens with one attached hydrogen (secondary N) is 2. The van der Waals surface area contributed by atoms with Crippen molar-refractivity contribution in [2.24, 2.45) is 0 Å². The minimum Gasteiger partial charge on any atom is -0.495 e. The number of aromatic nitrogens is 3. The number of methoxy groups -OCH3 is 2. The summed E-state index contributed by atoms with van der Waals surface area (Å²) in [6.45, 7) is 3.38. The summed E-state index contributed by atoms with van der Waals surface area (Å²) < 4.78 is 25.6. The molecule has 2 heterocycles. The SMILES string of the molecule is C=CC(=O)Nc1ccc(-c2cc(-c3cccnc3Nc3c(Cl)c(OC)cc(OC)c3Cl)ncn2)c(F)c1. The number of hydrogen-bond acceptors (Lipinski definition) is 7. The molecule has 4 aromatic rings. The monoisotopic (exact) mass is 539 g/mol. The zero-order valence-electron chi connectivity index (χ0n) is 19.7. The highest BCUT2D eigenvalue weighted by Crippen LogP contribution is 2.45. The van der Waals surface area contributed by atoms with Crippen LogP contribution >= 0.6 is 23.2 Å². The van der Waals surface area contributed by atoms with Crippen LogP contribution in [0.15, 0.2) is 67.6 Å². The maximum Gasteiger partial charge on any atom is 0.247 e. The molecular weight excluding hydrogens is 520 g/mol. The second kappa shape index (κ2) is 11.2. The van der Waals surface area contributed by atoms with Gasteiger partial charge in [-0.3, -0.25) is 4.79 Å². The molecule has 0 unspecified atom stereocenters. The summed E-state index contributed by atoms with van der Waals surface area (Å²) in [5, 5.41) is 6.13. The molecule has 0 spiro atoms. The van der Waals surface area contributed by atoms with Crippen LogP contribution in [-0.4, -0.2) is 35.1 Å². The molecule has 188 valence electrons. The van der Waals surface area contributed by atoms with Crippen molar-refractivity contribution in [3.63, 3.8) is 0 Å². The molecular formula is C26H20Cl2FN5O3. The van der Waals surface area contributed by atoms with Gasteiger partial charge in [0.1, 0.15) is 39.5 Å². The second-order valence-corrected chi connectivity index (χ2v) is 8.24. The van der Waals surface area contributed by atoms with E-state index in [0.717, 1.165) is 6.08 Å². The summed E-state index contributed by atoms with van der Waals surface area (Å²) in [4.78, 5) is 24.5. The van der Waals surface area contributed by atoms with E-state index in [4.69, 9.17) is 32.7 Å². The Morgan fingerprint density at radius 2 is 1.65 bits per heavy atom. The van der Waals surface area contributed by atoms with Crippen molar-refractivity contribution in [3.8, 4) is 34.0 Å². The van der Waals surface area contributed by atoms with Gasteiger partial charge in [-0.05, 0) is 42.5 Å². The Morgan fingerprint density at radius 1 is 0.973 bits per heavy atom. The molecule has 2 aromatic heterocycles. The van der Waals surface area contributed by atoms with Gasteiger partial charge in [0.15, 0.2) is 0 Å². The highest BCUT2D eigenvalue weighted by Gasteiger charge is 2.20. The summed E-state index contributed by atoms with van der Waals surface area (Å²) in [7, 11) is 2.96. The first kappa shape index (κ1) is 25.9. The number of carbonyl (C=O) groups excluding carboxylic acids is 1. The summed E-state index contributed by atoms with van der Waals surface area (Å²) in [6.07, 6.45) is 4.01. The Labute approximate surface area is 222 Å². The third kappa shape index (κ3) is 5.47. The number of benzene rings is 2. The average molecular weight is 540 g/mol. The maximum atomic E-state index is 14.9. The molecule has 8 nitrogen and oxygen atoms in total. The van der Waals surface area contributed by atoms with Crippen molar-refractivity contribution in [2.45, 2.75) is 0 Å². The van der Waals surface area contributed by atoms with Gasteiger partial charge in [-0.2, -0.15) is 0 Å². The van der Waals surface area contributed by atoms with Gasteiger partial charge < -0.3 is 20.1 Å². The molecule has 1 amide bonds. The first-order chi connectivity index (χ1) is 17.9. The summed E-state index contributed by atoms with van der Waals surface area (Å²) in [5.74, 6) is 0.0834. The van der Waals surface area contributed by atoms with Gasteiger partial charge in [-0.15, -0.1) is 0 Å². The molecule has 11 heteroatoms. The summed E-state index contributed by atoms with van der Waals surface area (Å²) in [5.41, 5.74) is 2.22. The fourth-order valence-corrected chi connectivity index (χ4v) is 4.07. The Morgan fingerprint density at radius 3 is 2.27 bits per heavy atom. The van der Waals surface area contributed by atoms with E-state index >= 15 is 0 Å².